The lowest BCUT2D eigenvalue weighted by Gasteiger charge is -2.39. The topological polar surface area (TPSA) is 55.1 Å². The molecule has 2 aliphatic rings. The van der Waals surface area contributed by atoms with Crippen LogP contribution in [0.1, 0.15) is 51.9 Å². The summed E-state index contributed by atoms with van der Waals surface area (Å²) in [5.41, 5.74) is 5.56. The van der Waals surface area contributed by atoms with Crippen molar-refractivity contribution in [3.05, 3.63) is 0 Å². The Bertz CT molecular complexity index is 330. The van der Waals surface area contributed by atoms with Crippen molar-refractivity contribution in [3.63, 3.8) is 0 Å². The van der Waals surface area contributed by atoms with Crippen molar-refractivity contribution < 1.29 is 4.79 Å². The number of rotatable bonds is 4. The van der Waals surface area contributed by atoms with Gasteiger partial charge in [0.05, 0.1) is 10.4 Å². The van der Waals surface area contributed by atoms with Crippen molar-refractivity contribution in [1.82, 2.24) is 5.32 Å². The number of thiocarbonyl (C=S) groups is 1. The molecule has 0 aromatic rings. The minimum atomic E-state index is -0.546. The van der Waals surface area contributed by atoms with E-state index >= 15 is 0 Å². The van der Waals surface area contributed by atoms with Crippen molar-refractivity contribution in [2.45, 2.75) is 51.9 Å². The van der Waals surface area contributed by atoms with E-state index in [9.17, 15) is 4.79 Å². The summed E-state index contributed by atoms with van der Waals surface area (Å²) in [5, 5.41) is 3.08. The summed E-state index contributed by atoms with van der Waals surface area (Å²) in [6.45, 7) is 3.01. The Labute approximate surface area is 109 Å². The Hall–Kier alpha value is -0.640. The zero-order valence-corrected chi connectivity index (χ0v) is 11.4. The molecule has 3 N–H and O–H groups in total. The van der Waals surface area contributed by atoms with Crippen molar-refractivity contribution >= 4 is 23.1 Å². The molecule has 0 bridgehead atoms. The third-order valence-electron chi connectivity index (χ3n) is 4.60. The van der Waals surface area contributed by atoms with Crippen LogP contribution in [0.15, 0.2) is 0 Å². The molecule has 0 aromatic carbocycles. The van der Waals surface area contributed by atoms with E-state index in [0.29, 0.717) is 10.4 Å². The molecule has 3 nitrogen and oxygen atoms in total. The molecule has 96 valence electrons. The SMILES string of the molecule is CC1(CNC(=O)C2(C(N)=S)CCCC2)CCC1. The number of nitrogens with one attached hydrogen (secondary N) is 1. The van der Waals surface area contributed by atoms with Gasteiger partial charge < -0.3 is 11.1 Å². The van der Waals surface area contributed by atoms with Gasteiger partial charge in [-0.25, -0.2) is 0 Å². The van der Waals surface area contributed by atoms with E-state index in [1.807, 2.05) is 0 Å². The first-order valence-corrected chi connectivity index (χ1v) is 6.98. The summed E-state index contributed by atoms with van der Waals surface area (Å²) in [5.74, 6) is 0.0654. The van der Waals surface area contributed by atoms with Gasteiger partial charge in [-0.05, 0) is 31.1 Å². The molecule has 0 atom stereocenters. The number of carbonyl (C=O) groups is 1. The van der Waals surface area contributed by atoms with Crippen molar-refractivity contribution in [3.8, 4) is 0 Å². The Morgan fingerprint density at radius 2 is 1.82 bits per heavy atom. The van der Waals surface area contributed by atoms with Gasteiger partial charge in [-0.2, -0.15) is 0 Å². The van der Waals surface area contributed by atoms with Crippen molar-refractivity contribution in [1.29, 1.82) is 0 Å². The highest BCUT2D eigenvalue weighted by Crippen LogP contribution is 2.41. The monoisotopic (exact) mass is 254 g/mol. The van der Waals surface area contributed by atoms with Crippen LogP contribution in [-0.2, 0) is 4.79 Å². The van der Waals surface area contributed by atoms with Gasteiger partial charge in [0.1, 0.15) is 0 Å². The van der Waals surface area contributed by atoms with Crippen LogP contribution in [0.4, 0.5) is 0 Å². The Morgan fingerprint density at radius 1 is 1.24 bits per heavy atom. The molecule has 2 saturated carbocycles. The van der Waals surface area contributed by atoms with Gasteiger partial charge >= 0.3 is 0 Å². The lowest BCUT2D eigenvalue weighted by molar-refractivity contribution is -0.128. The molecular weight excluding hydrogens is 232 g/mol. The maximum absolute atomic E-state index is 12.3. The van der Waals surface area contributed by atoms with E-state index in [0.717, 1.165) is 32.2 Å². The summed E-state index contributed by atoms with van der Waals surface area (Å²) in [7, 11) is 0. The van der Waals surface area contributed by atoms with E-state index in [4.69, 9.17) is 18.0 Å². The molecule has 1 amide bonds. The van der Waals surface area contributed by atoms with E-state index in [1.165, 1.54) is 19.3 Å². The third kappa shape index (κ3) is 2.32. The minimum absolute atomic E-state index is 0.0654. The van der Waals surface area contributed by atoms with Gasteiger partial charge in [0.2, 0.25) is 5.91 Å². The maximum atomic E-state index is 12.3. The first-order chi connectivity index (χ1) is 7.99. The highest BCUT2D eigenvalue weighted by molar-refractivity contribution is 7.80. The summed E-state index contributed by atoms with van der Waals surface area (Å²) < 4.78 is 0. The molecular formula is C13H22N2OS. The summed E-state index contributed by atoms with van der Waals surface area (Å²) >= 11 is 5.11. The molecule has 0 aliphatic heterocycles. The highest BCUT2D eigenvalue weighted by atomic mass is 32.1. The van der Waals surface area contributed by atoms with E-state index in [-0.39, 0.29) is 5.91 Å². The van der Waals surface area contributed by atoms with Crippen LogP contribution in [0.2, 0.25) is 0 Å². The molecule has 17 heavy (non-hydrogen) atoms. The predicted octanol–water partition coefficient (Wildman–Crippen LogP) is 2.14. The third-order valence-corrected chi connectivity index (χ3v) is 4.99. The fourth-order valence-corrected chi connectivity index (χ4v) is 3.28. The number of nitrogens with two attached hydrogens (primary N) is 1. The van der Waals surface area contributed by atoms with Crippen LogP contribution >= 0.6 is 12.2 Å². The van der Waals surface area contributed by atoms with Crippen LogP contribution in [0.3, 0.4) is 0 Å². The zero-order chi connectivity index (χ0) is 12.5. The van der Waals surface area contributed by atoms with Crippen molar-refractivity contribution in [2.75, 3.05) is 6.54 Å². The van der Waals surface area contributed by atoms with E-state index in [2.05, 4.69) is 12.2 Å². The van der Waals surface area contributed by atoms with Crippen molar-refractivity contribution in [2.24, 2.45) is 16.6 Å². The second-order valence-corrected chi connectivity index (χ2v) is 6.44. The van der Waals surface area contributed by atoms with Gasteiger partial charge in [0.25, 0.3) is 0 Å². The highest BCUT2D eigenvalue weighted by Gasteiger charge is 2.44. The normalized spacial score (nSPS) is 25.0. The second-order valence-electron chi connectivity index (χ2n) is 6.00. The van der Waals surface area contributed by atoms with E-state index < -0.39 is 5.41 Å². The molecule has 0 heterocycles. The average Bonchev–Trinajstić information content (AvgIpc) is 2.73. The molecule has 0 aromatic heterocycles. The minimum Gasteiger partial charge on any atom is -0.392 e. The van der Waals surface area contributed by atoms with Crippen LogP contribution in [0, 0.1) is 10.8 Å². The van der Waals surface area contributed by atoms with Gasteiger partial charge in [0.15, 0.2) is 0 Å². The molecule has 2 rings (SSSR count). The first-order valence-electron chi connectivity index (χ1n) is 6.57. The van der Waals surface area contributed by atoms with Crippen LogP contribution in [-0.4, -0.2) is 17.4 Å². The molecule has 0 unspecified atom stereocenters. The van der Waals surface area contributed by atoms with Crippen LogP contribution in [0.25, 0.3) is 0 Å². The van der Waals surface area contributed by atoms with Gasteiger partial charge in [0, 0.05) is 6.54 Å². The quantitative estimate of drug-likeness (QED) is 0.756. The van der Waals surface area contributed by atoms with E-state index in [1.54, 1.807) is 0 Å². The average molecular weight is 254 g/mol. The zero-order valence-electron chi connectivity index (χ0n) is 10.6. The smallest absolute Gasteiger partial charge is 0.233 e. The lowest BCUT2D eigenvalue weighted by atomic mass is 9.70. The molecule has 0 spiro atoms. The number of amides is 1. The Balaban J connectivity index is 1.95. The van der Waals surface area contributed by atoms with Gasteiger partial charge in [-0.1, -0.05) is 38.4 Å². The molecule has 2 fully saturated rings. The van der Waals surface area contributed by atoms with Crippen LogP contribution < -0.4 is 11.1 Å². The number of hydrogen-bond donors (Lipinski definition) is 2. The van der Waals surface area contributed by atoms with Crippen LogP contribution in [0.5, 0.6) is 0 Å². The molecule has 2 aliphatic carbocycles. The summed E-state index contributed by atoms with van der Waals surface area (Å²) in [4.78, 5) is 12.7. The first kappa shape index (κ1) is 12.8. The standard InChI is InChI=1S/C13H22N2OS/c1-12(5-4-6-12)9-15-11(16)13(10(14)17)7-2-3-8-13/h2-9H2,1H3,(H2,14,17)(H,15,16). The molecule has 0 radical (unpaired) electrons. The largest absolute Gasteiger partial charge is 0.392 e. The Kier molecular flexibility index (Phi) is 3.43. The molecule has 0 saturated heterocycles. The van der Waals surface area contributed by atoms with Gasteiger partial charge in [-0.3, -0.25) is 4.79 Å². The van der Waals surface area contributed by atoms with Gasteiger partial charge in [-0.15, -0.1) is 0 Å². The number of hydrogen-bond acceptors (Lipinski definition) is 2. The lowest BCUT2D eigenvalue weighted by Crippen LogP contribution is -2.50. The molecule has 4 heteroatoms. The summed E-state index contributed by atoms with van der Waals surface area (Å²) in [6, 6.07) is 0. The number of carbonyl (C=O) groups excluding carboxylic acids is 1. The fourth-order valence-electron chi connectivity index (χ4n) is 2.98. The summed E-state index contributed by atoms with van der Waals surface area (Å²) in [6.07, 6.45) is 7.48. The Morgan fingerprint density at radius 3 is 2.24 bits per heavy atom. The second kappa shape index (κ2) is 4.56. The maximum Gasteiger partial charge on any atom is 0.233 e. The predicted molar refractivity (Wildman–Crippen MR) is 72.7 cm³/mol. The fraction of sp³-hybridized carbons (Fsp3) is 0.846.